The van der Waals surface area contributed by atoms with Gasteiger partial charge in [-0.15, -0.1) is 0 Å². The van der Waals surface area contributed by atoms with Crippen LogP contribution in [0.15, 0.2) is 48.5 Å². The molecular formula is C16H14N4O6. The Morgan fingerprint density at radius 1 is 0.654 bits per heavy atom. The van der Waals surface area contributed by atoms with Gasteiger partial charge in [-0.25, -0.2) is 30.0 Å². The van der Waals surface area contributed by atoms with Crippen LogP contribution in [0.5, 0.6) is 0 Å². The molecule has 0 aliphatic heterocycles. The number of hydrazine groups is 1. The molecule has 0 radical (unpaired) electrons. The van der Waals surface area contributed by atoms with Gasteiger partial charge in [0, 0.05) is 11.4 Å². The molecule has 0 heterocycles. The smallest absolute Gasteiger partial charge is 0.337 e. The minimum atomic E-state index is -1.14. The molecule has 26 heavy (non-hydrogen) atoms. The van der Waals surface area contributed by atoms with E-state index in [-0.39, 0.29) is 22.5 Å². The second-order valence-electron chi connectivity index (χ2n) is 4.93. The molecule has 2 rings (SSSR count). The maximum Gasteiger partial charge on any atom is 0.337 e. The quantitative estimate of drug-likeness (QED) is 0.459. The molecule has 2 aromatic carbocycles. The van der Waals surface area contributed by atoms with Crippen LogP contribution in [0.2, 0.25) is 0 Å². The van der Waals surface area contributed by atoms with E-state index < -0.39 is 24.0 Å². The van der Waals surface area contributed by atoms with Gasteiger partial charge in [0.05, 0.1) is 11.1 Å². The Morgan fingerprint density at radius 3 is 1.38 bits per heavy atom. The Bertz CT molecular complexity index is 796. The van der Waals surface area contributed by atoms with E-state index in [2.05, 4.69) is 21.5 Å². The molecule has 134 valence electrons. The number of urea groups is 2. The summed E-state index contributed by atoms with van der Waals surface area (Å²) in [6.45, 7) is 0. The molecule has 0 saturated heterocycles. The van der Waals surface area contributed by atoms with Gasteiger partial charge in [0.1, 0.15) is 0 Å². The molecule has 0 fully saturated rings. The number of anilines is 2. The molecule has 0 unspecified atom stereocenters. The highest BCUT2D eigenvalue weighted by Gasteiger charge is 2.09. The van der Waals surface area contributed by atoms with Crippen molar-refractivity contribution in [2.45, 2.75) is 0 Å². The van der Waals surface area contributed by atoms with Crippen LogP contribution in [0.1, 0.15) is 20.7 Å². The summed E-state index contributed by atoms with van der Waals surface area (Å²) >= 11 is 0. The summed E-state index contributed by atoms with van der Waals surface area (Å²) in [6, 6.07) is 9.48. The van der Waals surface area contributed by atoms with Crippen molar-refractivity contribution in [3.8, 4) is 0 Å². The van der Waals surface area contributed by atoms with Crippen molar-refractivity contribution < 1.29 is 29.4 Å². The lowest BCUT2D eigenvalue weighted by atomic mass is 10.2. The number of nitrogens with one attached hydrogen (secondary N) is 4. The molecule has 0 spiro atoms. The van der Waals surface area contributed by atoms with Crippen LogP contribution in [0.25, 0.3) is 0 Å². The number of carbonyl (C=O) groups excluding carboxylic acids is 2. The third-order valence-corrected chi connectivity index (χ3v) is 3.02. The van der Waals surface area contributed by atoms with Crippen molar-refractivity contribution in [2.75, 3.05) is 10.6 Å². The first-order chi connectivity index (χ1) is 12.3. The van der Waals surface area contributed by atoms with Gasteiger partial charge in [0.2, 0.25) is 0 Å². The van der Waals surface area contributed by atoms with Crippen LogP contribution >= 0.6 is 0 Å². The first kappa shape index (κ1) is 18.3. The summed E-state index contributed by atoms with van der Waals surface area (Å²) in [7, 11) is 0. The maximum atomic E-state index is 11.7. The molecule has 0 aromatic heterocycles. The SMILES string of the molecule is O=C(NNC(=O)Nc1cccc(C(=O)O)c1)Nc1cccc(C(=O)O)c1. The highest BCUT2D eigenvalue weighted by atomic mass is 16.4. The Kier molecular flexibility index (Phi) is 5.72. The second-order valence-corrected chi connectivity index (χ2v) is 4.93. The number of hydrogen-bond donors (Lipinski definition) is 6. The van der Waals surface area contributed by atoms with E-state index in [1.165, 1.54) is 48.5 Å². The lowest BCUT2D eigenvalue weighted by molar-refractivity contribution is 0.0686. The normalized spacial score (nSPS) is 9.69. The van der Waals surface area contributed by atoms with Gasteiger partial charge < -0.3 is 20.8 Å². The molecule has 10 heteroatoms. The predicted octanol–water partition coefficient (Wildman–Crippen LogP) is 1.94. The van der Waals surface area contributed by atoms with Gasteiger partial charge in [-0.2, -0.15) is 0 Å². The number of carboxylic acid groups (broad SMARTS) is 2. The van der Waals surface area contributed by atoms with Gasteiger partial charge in [-0.1, -0.05) is 12.1 Å². The van der Waals surface area contributed by atoms with Crippen LogP contribution in [0.4, 0.5) is 21.0 Å². The number of carbonyl (C=O) groups is 4. The highest BCUT2D eigenvalue weighted by Crippen LogP contribution is 2.11. The molecule has 4 amide bonds. The molecule has 6 N–H and O–H groups in total. The lowest BCUT2D eigenvalue weighted by Gasteiger charge is -2.10. The standard InChI is InChI=1S/C16H14N4O6/c21-13(22)9-3-1-5-11(7-9)17-15(25)19-20-16(26)18-12-6-2-4-10(8-12)14(23)24/h1-8H,(H,21,22)(H,23,24)(H2,17,19,25)(H2,18,20,26). The molecule has 2 aromatic rings. The van der Waals surface area contributed by atoms with Gasteiger partial charge in [0.15, 0.2) is 0 Å². The zero-order valence-corrected chi connectivity index (χ0v) is 13.1. The molecule has 0 aliphatic rings. The summed E-state index contributed by atoms with van der Waals surface area (Å²) in [5.41, 5.74) is 4.55. The summed E-state index contributed by atoms with van der Waals surface area (Å²) in [6.07, 6.45) is 0. The van der Waals surface area contributed by atoms with E-state index in [0.29, 0.717) is 0 Å². The third kappa shape index (κ3) is 5.23. The minimum Gasteiger partial charge on any atom is -0.478 e. The maximum absolute atomic E-state index is 11.7. The van der Waals surface area contributed by atoms with Crippen LogP contribution in [-0.2, 0) is 0 Å². The van der Waals surface area contributed by atoms with Crippen molar-refractivity contribution in [3.05, 3.63) is 59.7 Å². The molecule has 0 saturated carbocycles. The largest absolute Gasteiger partial charge is 0.478 e. The zero-order valence-electron chi connectivity index (χ0n) is 13.1. The number of amides is 4. The zero-order chi connectivity index (χ0) is 19.1. The van der Waals surface area contributed by atoms with Crippen LogP contribution < -0.4 is 21.5 Å². The van der Waals surface area contributed by atoms with Crippen molar-refractivity contribution in [2.24, 2.45) is 0 Å². The first-order valence-electron chi connectivity index (χ1n) is 7.16. The molecule has 0 bridgehead atoms. The first-order valence-corrected chi connectivity index (χ1v) is 7.16. The van der Waals surface area contributed by atoms with E-state index >= 15 is 0 Å². The number of aromatic carboxylic acids is 2. The molecule has 0 atom stereocenters. The fourth-order valence-corrected chi connectivity index (χ4v) is 1.90. The van der Waals surface area contributed by atoms with E-state index in [4.69, 9.17) is 10.2 Å². The average Bonchev–Trinajstić information content (AvgIpc) is 2.60. The Labute approximate surface area is 146 Å². The summed E-state index contributed by atoms with van der Waals surface area (Å²) in [5, 5.41) is 22.5. The van der Waals surface area contributed by atoms with Gasteiger partial charge in [0.25, 0.3) is 0 Å². The summed E-state index contributed by atoms with van der Waals surface area (Å²) in [4.78, 5) is 45.1. The monoisotopic (exact) mass is 358 g/mol. The number of benzene rings is 2. The Balaban J connectivity index is 1.86. The third-order valence-electron chi connectivity index (χ3n) is 3.02. The number of rotatable bonds is 4. The second kappa shape index (κ2) is 8.15. The van der Waals surface area contributed by atoms with Crippen molar-refractivity contribution in [1.82, 2.24) is 10.9 Å². The average molecular weight is 358 g/mol. The van der Waals surface area contributed by atoms with Crippen LogP contribution in [0.3, 0.4) is 0 Å². The van der Waals surface area contributed by atoms with E-state index in [1.54, 1.807) is 0 Å². The van der Waals surface area contributed by atoms with Gasteiger partial charge in [-0.3, -0.25) is 0 Å². The van der Waals surface area contributed by atoms with Gasteiger partial charge in [-0.05, 0) is 36.4 Å². The highest BCUT2D eigenvalue weighted by molar-refractivity contribution is 5.96. The fraction of sp³-hybridized carbons (Fsp3) is 0. The van der Waals surface area contributed by atoms with E-state index in [9.17, 15) is 19.2 Å². The molecular weight excluding hydrogens is 344 g/mol. The molecule has 10 nitrogen and oxygen atoms in total. The Hall–Kier alpha value is -4.08. The van der Waals surface area contributed by atoms with Gasteiger partial charge >= 0.3 is 24.0 Å². The van der Waals surface area contributed by atoms with Crippen molar-refractivity contribution >= 4 is 35.4 Å². The lowest BCUT2D eigenvalue weighted by Crippen LogP contribution is -2.45. The van der Waals surface area contributed by atoms with E-state index in [0.717, 1.165) is 0 Å². The fourth-order valence-electron chi connectivity index (χ4n) is 1.90. The topological polar surface area (TPSA) is 157 Å². The van der Waals surface area contributed by atoms with Crippen LogP contribution in [-0.4, -0.2) is 34.2 Å². The molecule has 0 aliphatic carbocycles. The number of carboxylic acids is 2. The van der Waals surface area contributed by atoms with Crippen LogP contribution in [0, 0.1) is 0 Å². The Morgan fingerprint density at radius 2 is 1.04 bits per heavy atom. The number of hydrogen-bond acceptors (Lipinski definition) is 4. The van der Waals surface area contributed by atoms with Crippen molar-refractivity contribution in [1.29, 1.82) is 0 Å². The predicted molar refractivity (Wildman–Crippen MR) is 91.1 cm³/mol. The summed E-state index contributed by atoms with van der Waals surface area (Å²) in [5.74, 6) is -2.29. The summed E-state index contributed by atoms with van der Waals surface area (Å²) < 4.78 is 0. The van der Waals surface area contributed by atoms with Crippen molar-refractivity contribution in [3.63, 3.8) is 0 Å². The van der Waals surface area contributed by atoms with E-state index in [1.807, 2.05) is 0 Å². The minimum absolute atomic E-state index is 0.00758.